The van der Waals surface area contributed by atoms with Crippen LogP contribution in [-0.4, -0.2) is 11.8 Å². The van der Waals surface area contributed by atoms with Crippen LogP contribution in [0.3, 0.4) is 0 Å². The van der Waals surface area contributed by atoms with Crippen molar-refractivity contribution >= 4 is 17.2 Å². The Morgan fingerprint density at radius 1 is 0.950 bits per heavy atom. The lowest BCUT2D eigenvalue weighted by molar-refractivity contribution is -0.115. The second-order valence-electron chi connectivity index (χ2n) is 5.12. The Hall–Kier alpha value is -2.35. The number of benzene rings is 2. The second-order valence-corrected chi connectivity index (χ2v) is 5.12. The molecule has 0 aliphatic carbocycles. The molecule has 0 radical (unpaired) electrons. The Morgan fingerprint density at radius 2 is 1.55 bits per heavy atom. The summed E-state index contributed by atoms with van der Waals surface area (Å²) in [4.78, 5) is 14.2. The standard InChI is InChI=1S/C18H17NO/c1-14-12-17(20)13-18(15-8-4-2-5-9-15)19(14)16-10-6-3-7-11-16/h2-11,13-14H,12H2,1H3. The molecule has 0 fully saturated rings. The molecule has 0 spiro atoms. The highest BCUT2D eigenvalue weighted by atomic mass is 16.1. The van der Waals surface area contributed by atoms with Gasteiger partial charge in [-0.15, -0.1) is 0 Å². The number of nitrogens with zero attached hydrogens (tertiary/aromatic N) is 1. The maximum Gasteiger partial charge on any atom is 0.159 e. The molecule has 1 aliphatic heterocycles. The number of carbonyl (C=O) groups excluding carboxylic acids is 1. The lowest BCUT2D eigenvalue weighted by atomic mass is 9.98. The Bertz CT molecular complexity index is 631. The summed E-state index contributed by atoms with van der Waals surface area (Å²) in [5.74, 6) is 0.198. The van der Waals surface area contributed by atoms with Crippen LogP contribution in [0.5, 0.6) is 0 Å². The molecule has 0 N–H and O–H groups in total. The minimum Gasteiger partial charge on any atom is -0.338 e. The van der Waals surface area contributed by atoms with E-state index in [1.807, 2.05) is 48.5 Å². The van der Waals surface area contributed by atoms with Gasteiger partial charge in [0, 0.05) is 24.2 Å². The van der Waals surface area contributed by atoms with E-state index in [9.17, 15) is 4.79 Å². The zero-order valence-electron chi connectivity index (χ0n) is 11.5. The van der Waals surface area contributed by atoms with Gasteiger partial charge in [-0.1, -0.05) is 48.5 Å². The highest BCUT2D eigenvalue weighted by Gasteiger charge is 2.26. The third kappa shape index (κ3) is 2.37. The smallest absolute Gasteiger partial charge is 0.159 e. The molecule has 100 valence electrons. The molecule has 0 amide bonds. The minimum atomic E-state index is 0.171. The first-order chi connectivity index (χ1) is 9.75. The topological polar surface area (TPSA) is 20.3 Å². The van der Waals surface area contributed by atoms with E-state index in [2.05, 4.69) is 24.0 Å². The van der Waals surface area contributed by atoms with Gasteiger partial charge in [-0.25, -0.2) is 0 Å². The summed E-state index contributed by atoms with van der Waals surface area (Å²) < 4.78 is 0. The summed E-state index contributed by atoms with van der Waals surface area (Å²) >= 11 is 0. The highest BCUT2D eigenvalue weighted by Crippen LogP contribution is 2.32. The number of hydrogen-bond donors (Lipinski definition) is 0. The van der Waals surface area contributed by atoms with Gasteiger partial charge in [0.15, 0.2) is 5.78 Å². The number of allylic oxidation sites excluding steroid dienone is 1. The largest absolute Gasteiger partial charge is 0.338 e. The summed E-state index contributed by atoms with van der Waals surface area (Å²) in [6, 6.07) is 20.5. The second kappa shape index (κ2) is 5.33. The van der Waals surface area contributed by atoms with E-state index in [1.54, 1.807) is 6.08 Å². The number of ketones is 1. The third-order valence-corrected chi connectivity index (χ3v) is 3.60. The van der Waals surface area contributed by atoms with Gasteiger partial charge in [-0.2, -0.15) is 0 Å². The molecule has 0 bridgehead atoms. The van der Waals surface area contributed by atoms with Crippen LogP contribution in [0.25, 0.3) is 5.70 Å². The molecule has 2 aromatic rings. The van der Waals surface area contributed by atoms with E-state index in [1.165, 1.54) is 0 Å². The normalized spacial score (nSPS) is 18.9. The first kappa shape index (κ1) is 12.7. The summed E-state index contributed by atoms with van der Waals surface area (Å²) in [5.41, 5.74) is 3.19. The van der Waals surface area contributed by atoms with Gasteiger partial charge in [0.25, 0.3) is 0 Å². The average molecular weight is 263 g/mol. The van der Waals surface area contributed by atoms with Crippen LogP contribution >= 0.6 is 0 Å². The van der Waals surface area contributed by atoms with Crippen molar-refractivity contribution in [3.05, 3.63) is 72.3 Å². The third-order valence-electron chi connectivity index (χ3n) is 3.60. The molecule has 1 atom stereocenters. The number of hydrogen-bond acceptors (Lipinski definition) is 2. The number of anilines is 1. The van der Waals surface area contributed by atoms with Gasteiger partial charge < -0.3 is 4.90 Å². The predicted octanol–water partition coefficient (Wildman–Crippen LogP) is 3.90. The number of carbonyl (C=O) groups is 1. The fraction of sp³-hybridized carbons (Fsp3) is 0.167. The van der Waals surface area contributed by atoms with Crippen molar-refractivity contribution in [3.63, 3.8) is 0 Å². The number of para-hydroxylation sites is 1. The van der Waals surface area contributed by atoms with Crippen LogP contribution in [-0.2, 0) is 4.79 Å². The zero-order chi connectivity index (χ0) is 13.9. The molecule has 1 unspecified atom stereocenters. The maximum atomic E-state index is 11.9. The van der Waals surface area contributed by atoms with Crippen molar-refractivity contribution in [2.45, 2.75) is 19.4 Å². The van der Waals surface area contributed by atoms with E-state index in [0.717, 1.165) is 16.9 Å². The minimum absolute atomic E-state index is 0.171. The van der Waals surface area contributed by atoms with Gasteiger partial charge in [-0.3, -0.25) is 4.79 Å². The molecule has 1 heterocycles. The van der Waals surface area contributed by atoms with Crippen LogP contribution in [0.2, 0.25) is 0 Å². The average Bonchev–Trinajstić information content (AvgIpc) is 2.48. The van der Waals surface area contributed by atoms with Gasteiger partial charge in [0.2, 0.25) is 0 Å². The molecule has 1 aliphatic rings. The maximum absolute atomic E-state index is 11.9. The van der Waals surface area contributed by atoms with Crippen molar-refractivity contribution < 1.29 is 4.79 Å². The summed E-state index contributed by atoms with van der Waals surface area (Å²) in [5, 5.41) is 0. The van der Waals surface area contributed by atoms with Crippen LogP contribution in [0.4, 0.5) is 5.69 Å². The van der Waals surface area contributed by atoms with Gasteiger partial charge in [0.05, 0.1) is 5.70 Å². The first-order valence-electron chi connectivity index (χ1n) is 6.90. The summed E-state index contributed by atoms with van der Waals surface area (Å²) in [7, 11) is 0. The van der Waals surface area contributed by atoms with Crippen molar-refractivity contribution in [2.75, 3.05) is 4.90 Å². The number of rotatable bonds is 2. The quantitative estimate of drug-likeness (QED) is 0.819. The van der Waals surface area contributed by atoms with Gasteiger partial charge >= 0.3 is 0 Å². The van der Waals surface area contributed by atoms with Gasteiger partial charge in [-0.05, 0) is 24.6 Å². The van der Waals surface area contributed by atoms with E-state index in [0.29, 0.717) is 6.42 Å². The Labute approximate surface area is 119 Å². The molecule has 0 saturated carbocycles. The van der Waals surface area contributed by atoms with Crippen LogP contribution < -0.4 is 4.90 Å². The van der Waals surface area contributed by atoms with Gasteiger partial charge in [0.1, 0.15) is 0 Å². The molecule has 0 aromatic heterocycles. The van der Waals surface area contributed by atoms with Crippen LogP contribution in [0, 0.1) is 0 Å². The van der Waals surface area contributed by atoms with E-state index in [4.69, 9.17) is 0 Å². The van der Waals surface area contributed by atoms with E-state index >= 15 is 0 Å². The fourth-order valence-electron chi connectivity index (χ4n) is 2.71. The lowest BCUT2D eigenvalue weighted by Crippen LogP contribution is -2.36. The fourth-order valence-corrected chi connectivity index (χ4v) is 2.71. The first-order valence-corrected chi connectivity index (χ1v) is 6.90. The van der Waals surface area contributed by atoms with Crippen molar-refractivity contribution in [2.24, 2.45) is 0 Å². The zero-order valence-corrected chi connectivity index (χ0v) is 11.5. The van der Waals surface area contributed by atoms with E-state index < -0.39 is 0 Å². The highest BCUT2D eigenvalue weighted by molar-refractivity contribution is 6.02. The van der Waals surface area contributed by atoms with Crippen LogP contribution in [0.1, 0.15) is 18.9 Å². The Morgan fingerprint density at radius 3 is 2.20 bits per heavy atom. The molecular weight excluding hydrogens is 246 g/mol. The summed E-state index contributed by atoms with van der Waals surface area (Å²) in [6.07, 6.45) is 2.33. The molecule has 2 aromatic carbocycles. The lowest BCUT2D eigenvalue weighted by Gasteiger charge is -2.36. The monoisotopic (exact) mass is 263 g/mol. The molecule has 2 heteroatoms. The molecule has 2 nitrogen and oxygen atoms in total. The van der Waals surface area contributed by atoms with Crippen molar-refractivity contribution in [3.8, 4) is 0 Å². The van der Waals surface area contributed by atoms with Crippen molar-refractivity contribution in [1.82, 2.24) is 0 Å². The van der Waals surface area contributed by atoms with Crippen LogP contribution in [0.15, 0.2) is 66.7 Å². The SMILES string of the molecule is CC1CC(=O)C=C(c2ccccc2)N1c1ccccc1. The molecule has 0 saturated heterocycles. The van der Waals surface area contributed by atoms with E-state index in [-0.39, 0.29) is 11.8 Å². The Balaban J connectivity index is 2.10. The van der Waals surface area contributed by atoms with Crippen molar-refractivity contribution in [1.29, 1.82) is 0 Å². The predicted molar refractivity (Wildman–Crippen MR) is 82.4 cm³/mol. The molecule has 20 heavy (non-hydrogen) atoms. The summed E-state index contributed by atoms with van der Waals surface area (Å²) in [6.45, 7) is 2.10. The molecular formula is C18H17NO. The molecule has 3 rings (SSSR count). The Kier molecular flexibility index (Phi) is 3.38.